The molecule has 2 aromatic carbocycles. The average Bonchev–Trinajstić information content (AvgIpc) is 2.66. The summed E-state index contributed by atoms with van der Waals surface area (Å²) in [7, 11) is 0. The number of hydrogen-bond donors (Lipinski definition) is 4. The van der Waals surface area contributed by atoms with Gasteiger partial charge in [0, 0.05) is 29.8 Å². The first-order valence-corrected chi connectivity index (χ1v) is 8.06. The number of aromatic carboxylic acids is 2. The van der Waals surface area contributed by atoms with Crippen LogP contribution in [0.3, 0.4) is 0 Å². The Morgan fingerprint density at radius 1 is 0.821 bits per heavy atom. The summed E-state index contributed by atoms with van der Waals surface area (Å²) in [6.45, 7) is 0. The van der Waals surface area contributed by atoms with Crippen molar-refractivity contribution in [1.29, 1.82) is 0 Å². The highest BCUT2D eigenvalue weighted by molar-refractivity contribution is 6.06. The van der Waals surface area contributed by atoms with E-state index in [0.717, 1.165) is 18.2 Å². The van der Waals surface area contributed by atoms with Crippen LogP contribution in [-0.2, 0) is 9.59 Å². The zero-order valence-electron chi connectivity index (χ0n) is 14.5. The Balaban J connectivity index is 2.20. The zero-order chi connectivity index (χ0) is 20.7. The molecule has 4 N–H and O–H groups in total. The van der Waals surface area contributed by atoms with Crippen LogP contribution < -0.4 is 10.6 Å². The summed E-state index contributed by atoms with van der Waals surface area (Å²) in [6, 6.07) is 9.21. The molecule has 0 bridgehead atoms. The van der Waals surface area contributed by atoms with Gasteiger partial charge < -0.3 is 25.6 Å². The minimum atomic E-state index is -1.33. The number of amides is 2. The molecule has 9 nitrogen and oxygen atoms in total. The normalized spacial score (nSPS) is 10.0. The van der Waals surface area contributed by atoms with E-state index in [1.807, 2.05) is 0 Å². The minimum absolute atomic E-state index is 0.00252. The van der Waals surface area contributed by atoms with Crippen LogP contribution in [0, 0.1) is 0 Å². The number of carboxylic acid groups (broad SMARTS) is 2. The molecule has 2 amide bonds. The predicted molar refractivity (Wildman–Crippen MR) is 98.7 cm³/mol. The number of hydrogen-bond acceptors (Lipinski definition) is 5. The lowest BCUT2D eigenvalue weighted by Crippen LogP contribution is -2.15. The van der Waals surface area contributed by atoms with Gasteiger partial charge in [0.1, 0.15) is 6.29 Å². The molecule has 0 aliphatic carbocycles. The van der Waals surface area contributed by atoms with Gasteiger partial charge in [-0.3, -0.25) is 9.59 Å². The van der Waals surface area contributed by atoms with Crippen molar-refractivity contribution in [3.05, 3.63) is 59.2 Å². The van der Waals surface area contributed by atoms with Crippen molar-refractivity contribution in [3.8, 4) is 0 Å². The van der Waals surface area contributed by atoms with E-state index in [1.165, 1.54) is 18.2 Å². The predicted octanol–water partition coefficient (Wildman–Crippen LogP) is 2.25. The summed E-state index contributed by atoms with van der Waals surface area (Å²) < 4.78 is 0. The summed E-state index contributed by atoms with van der Waals surface area (Å²) in [5.41, 5.74) is -0.0691. The first-order chi connectivity index (χ1) is 13.3. The molecule has 0 aromatic heterocycles. The molecule has 28 heavy (non-hydrogen) atoms. The number of rotatable bonds is 8. The second-order valence-electron chi connectivity index (χ2n) is 5.70. The quantitative estimate of drug-likeness (QED) is 0.510. The van der Waals surface area contributed by atoms with Crippen LogP contribution in [0.15, 0.2) is 42.5 Å². The third kappa shape index (κ3) is 5.49. The fourth-order valence-electron chi connectivity index (χ4n) is 2.30. The van der Waals surface area contributed by atoms with Gasteiger partial charge in [-0.25, -0.2) is 9.59 Å². The Bertz CT molecular complexity index is 921. The molecule has 0 spiro atoms. The molecule has 0 heterocycles. The number of benzene rings is 2. The standard InChI is InChI=1S/C19H16N2O7/c22-6-2-5-16(23)20-14-4-1-3-11(8-14)17(24)21-15-9-12(18(25)26)7-13(10-15)19(27)28/h1,3-4,6-10H,2,5H2,(H,20,23)(H,21,24)(H,25,26)(H,27,28). The molecule has 2 rings (SSSR count). The van der Waals surface area contributed by atoms with E-state index < -0.39 is 17.8 Å². The van der Waals surface area contributed by atoms with Gasteiger partial charge in [0.2, 0.25) is 5.91 Å². The van der Waals surface area contributed by atoms with Gasteiger partial charge in [-0.2, -0.15) is 0 Å². The summed E-state index contributed by atoms with van der Waals surface area (Å²) in [5, 5.41) is 23.2. The Morgan fingerprint density at radius 2 is 1.43 bits per heavy atom. The van der Waals surface area contributed by atoms with Gasteiger partial charge in [0.25, 0.3) is 5.91 Å². The van der Waals surface area contributed by atoms with Crippen molar-refractivity contribution < 1.29 is 34.2 Å². The van der Waals surface area contributed by atoms with Gasteiger partial charge in [-0.15, -0.1) is 0 Å². The second kappa shape index (κ2) is 9.08. The zero-order valence-corrected chi connectivity index (χ0v) is 14.5. The van der Waals surface area contributed by atoms with Crippen LogP contribution in [0.1, 0.15) is 43.9 Å². The molecule has 2 aromatic rings. The highest BCUT2D eigenvalue weighted by atomic mass is 16.4. The topological polar surface area (TPSA) is 150 Å². The Hall–Kier alpha value is -4.01. The largest absolute Gasteiger partial charge is 0.478 e. The third-order valence-electron chi connectivity index (χ3n) is 3.58. The van der Waals surface area contributed by atoms with E-state index in [9.17, 15) is 24.0 Å². The van der Waals surface area contributed by atoms with Crippen LogP contribution in [0.4, 0.5) is 11.4 Å². The van der Waals surface area contributed by atoms with Crippen molar-refractivity contribution in [3.63, 3.8) is 0 Å². The summed E-state index contributed by atoms with van der Waals surface area (Å²) in [6.07, 6.45) is 0.720. The van der Waals surface area contributed by atoms with Crippen molar-refractivity contribution in [1.82, 2.24) is 0 Å². The molecular formula is C19H16N2O7. The minimum Gasteiger partial charge on any atom is -0.478 e. The number of carbonyl (C=O) groups excluding carboxylic acids is 3. The average molecular weight is 384 g/mol. The Morgan fingerprint density at radius 3 is 2.00 bits per heavy atom. The molecule has 0 fully saturated rings. The van der Waals surface area contributed by atoms with Crippen molar-refractivity contribution in [2.45, 2.75) is 12.8 Å². The lowest BCUT2D eigenvalue weighted by Gasteiger charge is -2.09. The van der Waals surface area contributed by atoms with Crippen molar-refractivity contribution >= 4 is 41.4 Å². The second-order valence-corrected chi connectivity index (χ2v) is 5.70. The van der Waals surface area contributed by atoms with Crippen LogP contribution in [0.5, 0.6) is 0 Å². The molecule has 0 atom stereocenters. The van der Waals surface area contributed by atoms with Crippen LogP contribution >= 0.6 is 0 Å². The van der Waals surface area contributed by atoms with Gasteiger partial charge in [-0.05, 0) is 36.4 Å². The third-order valence-corrected chi connectivity index (χ3v) is 3.58. The van der Waals surface area contributed by atoms with Crippen LogP contribution in [0.25, 0.3) is 0 Å². The maximum absolute atomic E-state index is 12.4. The van der Waals surface area contributed by atoms with E-state index >= 15 is 0 Å². The number of carbonyl (C=O) groups is 5. The lowest BCUT2D eigenvalue weighted by atomic mass is 10.1. The smallest absolute Gasteiger partial charge is 0.335 e. The first-order valence-electron chi connectivity index (χ1n) is 8.06. The maximum Gasteiger partial charge on any atom is 0.335 e. The molecule has 0 unspecified atom stereocenters. The summed E-state index contributed by atoms with van der Waals surface area (Å²) in [4.78, 5) is 56.7. The van der Waals surface area contributed by atoms with E-state index in [2.05, 4.69) is 10.6 Å². The molecule has 0 saturated carbocycles. The van der Waals surface area contributed by atoms with Gasteiger partial charge >= 0.3 is 11.9 Å². The SMILES string of the molecule is O=CCCC(=O)Nc1cccc(C(=O)Nc2cc(C(=O)O)cc(C(=O)O)c2)c1. The van der Waals surface area contributed by atoms with Crippen molar-refractivity contribution in [2.75, 3.05) is 10.6 Å². The van der Waals surface area contributed by atoms with E-state index in [1.54, 1.807) is 6.07 Å². The van der Waals surface area contributed by atoms with Gasteiger partial charge in [0.15, 0.2) is 0 Å². The fourth-order valence-corrected chi connectivity index (χ4v) is 2.30. The van der Waals surface area contributed by atoms with Gasteiger partial charge in [0.05, 0.1) is 11.1 Å². The van der Waals surface area contributed by atoms with E-state index in [0.29, 0.717) is 12.0 Å². The molecule has 0 aliphatic heterocycles. The Labute approximate surface area is 159 Å². The molecule has 9 heteroatoms. The highest BCUT2D eigenvalue weighted by Gasteiger charge is 2.14. The molecule has 0 saturated heterocycles. The van der Waals surface area contributed by atoms with E-state index in [-0.39, 0.29) is 41.1 Å². The van der Waals surface area contributed by atoms with Crippen LogP contribution in [-0.4, -0.2) is 40.3 Å². The molecular weight excluding hydrogens is 368 g/mol. The summed E-state index contributed by atoms with van der Waals surface area (Å²) in [5.74, 6) is -3.68. The summed E-state index contributed by atoms with van der Waals surface area (Å²) >= 11 is 0. The van der Waals surface area contributed by atoms with E-state index in [4.69, 9.17) is 10.2 Å². The van der Waals surface area contributed by atoms with Gasteiger partial charge in [-0.1, -0.05) is 6.07 Å². The lowest BCUT2D eigenvalue weighted by molar-refractivity contribution is -0.118. The number of carboxylic acids is 2. The van der Waals surface area contributed by atoms with Crippen molar-refractivity contribution in [2.24, 2.45) is 0 Å². The molecule has 0 radical (unpaired) electrons. The number of nitrogens with one attached hydrogen (secondary N) is 2. The Kier molecular flexibility index (Phi) is 6.58. The number of aldehydes is 1. The molecule has 0 aliphatic rings. The fraction of sp³-hybridized carbons (Fsp3) is 0.105. The first kappa shape index (κ1) is 20.3. The maximum atomic E-state index is 12.4. The highest BCUT2D eigenvalue weighted by Crippen LogP contribution is 2.18. The number of anilines is 2. The van der Waals surface area contributed by atoms with Crippen LogP contribution in [0.2, 0.25) is 0 Å². The molecule has 144 valence electrons. The monoisotopic (exact) mass is 384 g/mol.